The van der Waals surface area contributed by atoms with Crippen LogP contribution in [0.25, 0.3) is 0 Å². The number of carbonyl (C=O) groups is 2. The summed E-state index contributed by atoms with van der Waals surface area (Å²) in [5.74, 6) is -0.184. The maximum Gasteiger partial charge on any atom is 0.350 e. The number of aliphatic hydroxyl groups excluding tert-OH is 1. The van der Waals surface area contributed by atoms with Gasteiger partial charge in [-0.1, -0.05) is 26.5 Å². The monoisotopic (exact) mass is 703 g/mol. The summed E-state index contributed by atoms with van der Waals surface area (Å²) in [7, 11) is 0. The molecule has 5 heterocycles. The fourth-order valence-electron chi connectivity index (χ4n) is 8.10. The number of ether oxygens (including phenoxy) is 3. The van der Waals surface area contributed by atoms with E-state index >= 15 is 0 Å². The number of rotatable bonds is 14. The highest BCUT2D eigenvalue weighted by Gasteiger charge is 2.64. The lowest BCUT2D eigenvalue weighted by atomic mass is 9.80. The van der Waals surface area contributed by atoms with Crippen LogP contribution in [0.3, 0.4) is 0 Å². The summed E-state index contributed by atoms with van der Waals surface area (Å²) in [4.78, 5) is 34.0. The van der Waals surface area contributed by atoms with E-state index in [2.05, 4.69) is 50.9 Å². The fourth-order valence-corrected chi connectivity index (χ4v) is 8.35. The van der Waals surface area contributed by atoms with E-state index in [1.807, 2.05) is 0 Å². The van der Waals surface area contributed by atoms with Crippen LogP contribution in [0.5, 0.6) is 0 Å². The minimum atomic E-state index is -0.913. The van der Waals surface area contributed by atoms with Crippen LogP contribution in [0.15, 0.2) is 12.2 Å². The van der Waals surface area contributed by atoms with Gasteiger partial charge in [0.15, 0.2) is 11.6 Å². The van der Waals surface area contributed by atoms with Gasteiger partial charge in [0.25, 0.3) is 0 Å². The normalized spacial score (nSPS) is 33.3. The Hall–Kier alpha value is -1.67. The summed E-state index contributed by atoms with van der Waals surface area (Å²) in [6.07, 6.45) is 12.7. The molecule has 5 aliphatic heterocycles. The zero-order chi connectivity index (χ0) is 32.7. The van der Waals surface area contributed by atoms with Crippen molar-refractivity contribution >= 4 is 41.4 Å². The molecule has 47 heavy (non-hydrogen) atoms. The molecule has 5 N–H and O–H groups in total. The van der Waals surface area contributed by atoms with Gasteiger partial charge >= 0.3 is 11.9 Å². The van der Waals surface area contributed by atoms with Crippen molar-refractivity contribution in [3.05, 3.63) is 12.2 Å². The van der Waals surface area contributed by atoms with Gasteiger partial charge in [-0.3, -0.25) is 14.2 Å². The number of esters is 1. The number of allylic oxidation sites excluding steroid dienone is 1. The molecule has 0 aliphatic carbocycles. The molecule has 0 unspecified atom stereocenters. The molecule has 0 radical (unpaired) electrons. The predicted octanol–water partition coefficient (Wildman–Crippen LogP) is 3.25. The van der Waals surface area contributed by atoms with Gasteiger partial charge in [-0.25, -0.2) is 20.3 Å². The van der Waals surface area contributed by atoms with Gasteiger partial charge in [-0.2, -0.15) is 0 Å². The maximum atomic E-state index is 14.1. The molecule has 2 spiro atoms. The molecule has 1 amide bonds. The summed E-state index contributed by atoms with van der Waals surface area (Å²) in [5, 5.41) is 17.9. The quantitative estimate of drug-likeness (QED) is 0.0603. The Balaban J connectivity index is 0.00000500. The van der Waals surface area contributed by atoms with Gasteiger partial charge in [-0.05, 0) is 81.8 Å². The van der Waals surface area contributed by atoms with Crippen LogP contribution in [0.4, 0.5) is 0 Å². The predicted molar refractivity (Wildman–Crippen MR) is 182 cm³/mol. The topological polar surface area (TPSA) is 136 Å². The molecule has 0 aromatic heterocycles. The molecule has 14 heteroatoms. The second-order valence-electron chi connectivity index (χ2n) is 13.5. The Morgan fingerprint density at radius 1 is 1.19 bits per heavy atom. The number of hydrogen-bond donors (Lipinski definition) is 5. The zero-order valence-corrected chi connectivity index (χ0v) is 28.8. The summed E-state index contributed by atoms with van der Waals surface area (Å²) < 4.78 is 21.7. The van der Waals surface area contributed by atoms with Crippen LogP contribution in [-0.2, 0) is 23.8 Å². The van der Waals surface area contributed by atoms with Gasteiger partial charge in [0.2, 0.25) is 11.6 Å². The first kappa shape index (κ1) is 38.1. The van der Waals surface area contributed by atoms with Crippen LogP contribution in [0, 0.1) is 5.92 Å². The highest BCUT2D eigenvalue weighted by atomic mass is 35.5. The minimum absolute atomic E-state index is 0. The number of amides is 1. The van der Waals surface area contributed by atoms with Crippen LogP contribution in [-0.4, -0.2) is 107 Å². The van der Waals surface area contributed by atoms with Crippen LogP contribution >= 0.6 is 23.6 Å². The molecular formula is C33H57Cl2N6O6+. The average molecular weight is 705 g/mol. The highest BCUT2D eigenvalue weighted by molar-refractivity contribution is 6.13. The third-order valence-corrected chi connectivity index (χ3v) is 10.6. The smallest absolute Gasteiger partial charge is 0.350 e. The van der Waals surface area contributed by atoms with Crippen molar-refractivity contribution in [1.82, 2.24) is 25.2 Å². The third kappa shape index (κ3) is 8.93. The van der Waals surface area contributed by atoms with Gasteiger partial charge in [0.05, 0.1) is 36.8 Å². The first-order chi connectivity index (χ1) is 22.2. The SMILES string of the molecule is C.CC[C@H]1C=CCC[C@@]2(C[C@@H]3CC[C@@H]4[C@H](C(=O)OCCC(=O)N(CCCNCl)C[C@@H](O)CCNCl)[C@]5(CCC[C@@H](C)O5)NC(=[N+]34)N2)O1. The Kier molecular flexibility index (Phi) is 14.1. The number of nitrogens with one attached hydrogen (secondary N) is 4. The molecule has 0 aromatic carbocycles. The number of hydrogen-bond acceptors (Lipinski definition) is 10. The second kappa shape index (κ2) is 17.3. The number of carbonyl (C=O) groups excluding carboxylic acids is 2. The summed E-state index contributed by atoms with van der Waals surface area (Å²) in [6, 6.07) is 0.145. The molecule has 0 aromatic rings. The van der Waals surface area contributed by atoms with Crippen LogP contribution < -0.4 is 20.3 Å². The van der Waals surface area contributed by atoms with Crippen molar-refractivity contribution < 1.29 is 33.5 Å². The summed E-state index contributed by atoms with van der Waals surface area (Å²) in [5.41, 5.74) is -1.39. The number of guanidine groups is 1. The molecule has 2 saturated heterocycles. The molecular weight excluding hydrogens is 647 g/mol. The van der Waals surface area contributed by atoms with Crippen LogP contribution in [0.2, 0.25) is 0 Å². The Morgan fingerprint density at radius 3 is 2.74 bits per heavy atom. The summed E-state index contributed by atoms with van der Waals surface area (Å²) >= 11 is 11.2. The first-order valence-electron chi connectivity index (χ1n) is 17.3. The van der Waals surface area contributed by atoms with Crippen molar-refractivity contribution in [3.8, 4) is 0 Å². The van der Waals surface area contributed by atoms with Crippen molar-refractivity contribution in [3.63, 3.8) is 0 Å². The average Bonchev–Trinajstić information content (AvgIpc) is 3.33. The molecule has 8 atom stereocenters. The van der Waals surface area contributed by atoms with E-state index in [4.69, 9.17) is 37.8 Å². The van der Waals surface area contributed by atoms with E-state index in [-0.39, 0.29) is 63.2 Å². The first-order valence-corrected chi connectivity index (χ1v) is 18.0. The Morgan fingerprint density at radius 2 is 2.00 bits per heavy atom. The molecule has 0 bridgehead atoms. The molecule has 268 valence electrons. The van der Waals surface area contributed by atoms with Gasteiger partial charge in [0.1, 0.15) is 6.61 Å². The highest BCUT2D eigenvalue weighted by Crippen LogP contribution is 2.45. The van der Waals surface area contributed by atoms with Gasteiger partial charge in [0, 0.05) is 45.4 Å². The van der Waals surface area contributed by atoms with Crippen molar-refractivity contribution in [2.45, 2.75) is 140 Å². The lowest BCUT2D eigenvalue weighted by Gasteiger charge is -2.50. The fraction of sp³-hybridized carbons (Fsp3) is 0.848. The molecule has 5 aliphatic rings. The van der Waals surface area contributed by atoms with E-state index in [0.29, 0.717) is 38.9 Å². The lowest BCUT2D eigenvalue weighted by molar-refractivity contribution is -0.609. The number of aliphatic hydroxyl groups is 1. The second-order valence-corrected chi connectivity index (χ2v) is 14.1. The number of halogens is 2. The summed E-state index contributed by atoms with van der Waals surface area (Å²) in [6.45, 7) is 5.69. The maximum absolute atomic E-state index is 14.1. The zero-order valence-electron chi connectivity index (χ0n) is 27.3. The minimum Gasteiger partial charge on any atom is -0.465 e. The van der Waals surface area contributed by atoms with Gasteiger partial charge < -0.3 is 24.2 Å². The largest absolute Gasteiger partial charge is 0.465 e. The molecule has 0 saturated carbocycles. The van der Waals surface area contributed by atoms with E-state index in [0.717, 1.165) is 57.3 Å². The van der Waals surface area contributed by atoms with E-state index in [9.17, 15) is 14.7 Å². The molecule has 2 fully saturated rings. The Labute approximate surface area is 290 Å². The van der Waals surface area contributed by atoms with E-state index in [1.165, 1.54) is 0 Å². The van der Waals surface area contributed by atoms with Crippen molar-refractivity contribution in [2.24, 2.45) is 5.92 Å². The van der Waals surface area contributed by atoms with Crippen molar-refractivity contribution in [2.75, 3.05) is 32.8 Å². The van der Waals surface area contributed by atoms with E-state index in [1.54, 1.807) is 4.90 Å². The van der Waals surface area contributed by atoms with E-state index < -0.39 is 23.5 Å². The van der Waals surface area contributed by atoms with Crippen molar-refractivity contribution in [1.29, 1.82) is 0 Å². The van der Waals surface area contributed by atoms with Gasteiger partial charge in [-0.15, -0.1) is 0 Å². The van der Waals surface area contributed by atoms with Crippen LogP contribution in [0.1, 0.15) is 98.3 Å². The standard InChI is InChI=1S/C32H52Cl2N6O6.CH4/c1-3-25-9-4-5-14-31(46-25)20-23-10-11-26-28(32(15-6-8-22(2)45-32)38-30(37-31)40(23)26)29(43)44-19-13-27(42)39(18-7-16-35-33)21-24(41)12-17-36-34;/h4,9,22-26,28,35-36,41H,3,5-8,10-21H2,1-2H3,(H,37,38);1H4/p+1/t22-,23+,24+,25+,26-,28-,31+,32-;/m1./s1. The lowest BCUT2D eigenvalue weighted by Crippen LogP contribution is -2.76. The third-order valence-electron chi connectivity index (χ3n) is 10.2. The number of nitrogens with zero attached hydrogens (tertiary/aromatic N) is 2. The molecule has 12 nitrogen and oxygen atoms in total. The Bertz CT molecular complexity index is 1130. The molecule has 5 rings (SSSR count).